The van der Waals surface area contributed by atoms with E-state index in [9.17, 15) is 13.2 Å². The van der Waals surface area contributed by atoms with Crippen molar-refractivity contribution in [1.82, 2.24) is 29.6 Å². The molecule has 0 spiro atoms. The van der Waals surface area contributed by atoms with Crippen molar-refractivity contribution >= 4 is 15.9 Å². The molecule has 2 aromatic rings. The number of nitrogens with one attached hydrogen (secondary N) is 2. The van der Waals surface area contributed by atoms with Crippen molar-refractivity contribution in [3.8, 4) is 5.82 Å². The summed E-state index contributed by atoms with van der Waals surface area (Å²) in [6, 6.07) is 1.87. The Morgan fingerprint density at radius 3 is 2.55 bits per heavy atom. The van der Waals surface area contributed by atoms with Crippen LogP contribution in [0.3, 0.4) is 0 Å². The first kappa shape index (κ1) is 18.8. The van der Waals surface area contributed by atoms with Crippen molar-refractivity contribution < 1.29 is 13.2 Å². The monoisotopic (exact) mass is 418 g/mol. The summed E-state index contributed by atoms with van der Waals surface area (Å²) in [5, 5.41) is 11.7. The Morgan fingerprint density at radius 1 is 1.21 bits per heavy atom. The van der Waals surface area contributed by atoms with Crippen LogP contribution in [0, 0.1) is 17.8 Å². The number of rotatable bonds is 5. The third-order valence-corrected chi connectivity index (χ3v) is 7.65. The van der Waals surface area contributed by atoms with Gasteiger partial charge in [0.25, 0.3) is 5.91 Å². The topological polar surface area (TPSA) is 111 Å². The minimum atomic E-state index is -3.26. The van der Waals surface area contributed by atoms with Crippen LogP contribution in [-0.2, 0) is 17.1 Å². The number of amides is 1. The molecule has 2 N–H and O–H groups in total. The molecule has 4 bridgehead atoms. The Labute approximate surface area is 169 Å². The van der Waals surface area contributed by atoms with Crippen molar-refractivity contribution in [2.75, 3.05) is 6.26 Å². The van der Waals surface area contributed by atoms with Crippen molar-refractivity contribution in [2.24, 2.45) is 24.8 Å². The molecular formula is C19H26N6O3S. The Morgan fingerprint density at radius 2 is 1.93 bits per heavy atom. The maximum Gasteiger partial charge on any atom is 0.256 e. The van der Waals surface area contributed by atoms with E-state index in [1.807, 2.05) is 0 Å². The Hall–Kier alpha value is -2.20. The highest BCUT2D eigenvalue weighted by Crippen LogP contribution is 2.56. The van der Waals surface area contributed by atoms with Gasteiger partial charge in [-0.1, -0.05) is 0 Å². The van der Waals surface area contributed by atoms with Gasteiger partial charge in [-0.3, -0.25) is 9.48 Å². The molecule has 4 aliphatic rings. The Kier molecular flexibility index (Phi) is 4.15. The van der Waals surface area contributed by atoms with Gasteiger partial charge in [-0.05, 0) is 55.9 Å². The van der Waals surface area contributed by atoms with Gasteiger partial charge in [0.2, 0.25) is 10.0 Å². The minimum Gasteiger partial charge on any atom is -0.349 e. The maximum atomic E-state index is 13.2. The van der Waals surface area contributed by atoms with Crippen LogP contribution < -0.4 is 10.0 Å². The standard InChI is InChI=1S/C19H26N6O3S/c1-24-18(25-5-3-4-20-25)15(11-21-24)17(26)22-16-13-6-12-7-14(16)10-19(8-12,9-13)23-29(2,27)28/h3-5,11-14,16,23H,6-10H2,1-2H3,(H,22,26). The van der Waals surface area contributed by atoms with Crippen LogP contribution in [0.15, 0.2) is 24.7 Å². The SMILES string of the molecule is Cn1ncc(C(=O)NC2C3CC4CC2CC(NS(C)(=O)=O)(C4)C3)c1-n1cccn1. The number of hydrogen-bond acceptors (Lipinski definition) is 5. The van der Waals surface area contributed by atoms with Crippen LogP contribution in [0.5, 0.6) is 0 Å². The molecule has 4 aliphatic carbocycles. The molecule has 0 radical (unpaired) electrons. The number of aromatic nitrogens is 4. The molecule has 2 unspecified atom stereocenters. The molecule has 29 heavy (non-hydrogen) atoms. The molecule has 1 amide bonds. The second kappa shape index (κ2) is 6.40. The third kappa shape index (κ3) is 3.28. The van der Waals surface area contributed by atoms with E-state index < -0.39 is 10.0 Å². The second-order valence-electron chi connectivity index (χ2n) is 9.08. The average Bonchev–Trinajstić information content (AvgIpc) is 3.24. The lowest BCUT2D eigenvalue weighted by molar-refractivity contribution is -0.0347. The molecular weight excluding hydrogens is 392 g/mol. The van der Waals surface area contributed by atoms with E-state index in [-0.39, 0.29) is 17.5 Å². The molecule has 10 heteroatoms. The second-order valence-corrected chi connectivity index (χ2v) is 10.8. The predicted molar refractivity (Wildman–Crippen MR) is 106 cm³/mol. The van der Waals surface area contributed by atoms with E-state index in [0.717, 1.165) is 32.1 Å². The van der Waals surface area contributed by atoms with Gasteiger partial charge in [0.05, 0.1) is 12.5 Å². The molecule has 0 aromatic carbocycles. The number of carbonyl (C=O) groups is 1. The zero-order valence-corrected chi connectivity index (χ0v) is 17.4. The summed E-state index contributed by atoms with van der Waals surface area (Å²) in [6.45, 7) is 0. The quantitative estimate of drug-likeness (QED) is 0.747. The molecule has 2 heterocycles. The van der Waals surface area contributed by atoms with Crippen LogP contribution in [0.25, 0.3) is 5.82 Å². The lowest BCUT2D eigenvalue weighted by Gasteiger charge is -2.59. The van der Waals surface area contributed by atoms with Crippen molar-refractivity contribution in [3.63, 3.8) is 0 Å². The van der Waals surface area contributed by atoms with Gasteiger partial charge >= 0.3 is 0 Å². The molecule has 6 rings (SSSR count). The molecule has 4 fully saturated rings. The number of hydrogen-bond donors (Lipinski definition) is 2. The molecule has 2 atom stereocenters. The summed E-state index contributed by atoms with van der Waals surface area (Å²) in [4.78, 5) is 13.2. The van der Waals surface area contributed by atoms with E-state index in [1.165, 1.54) is 6.26 Å². The molecule has 156 valence electrons. The molecule has 0 aliphatic heterocycles. The molecule has 2 aromatic heterocycles. The lowest BCUT2D eigenvalue weighted by atomic mass is 9.51. The Bertz CT molecular complexity index is 1030. The van der Waals surface area contributed by atoms with Gasteiger partial charge in [-0.25, -0.2) is 17.8 Å². The molecule has 9 nitrogen and oxygen atoms in total. The van der Waals surface area contributed by atoms with Gasteiger partial charge in [-0.2, -0.15) is 10.2 Å². The van der Waals surface area contributed by atoms with Crippen LogP contribution in [0.4, 0.5) is 0 Å². The highest BCUT2D eigenvalue weighted by Gasteiger charge is 2.56. The van der Waals surface area contributed by atoms with Crippen LogP contribution in [0.2, 0.25) is 0 Å². The summed E-state index contributed by atoms with van der Waals surface area (Å²) in [5.74, 6) is 1.61. The van der Waals surface area contributed by atoms with Crippen LogP contribution >= 0.6 is 0 Å². The van der Waals surface area contributed by atoms with E-state index in [4.69, 9.17) is 0 Å². The smallest absolute Gasteiger partial charge is 0.256 e. The largest absolute Gasteiger partial charge is 0.349 e. The van der Waals surface area contributed by atoms with E-state index in [0.29, 0.717) is 29.1 Å². The van der Waals surface area contributed by atoms with Crippen LogP contribution in [-0.4, -0.2) is 51.7 Å². The number of carbonyl (C=O) groups excluding carboxylic acids is 1. The van der Waals surface area contributed by atoms with Crippen molar-refractivity contribution in [3.05, 3.63) is 30.2 Å². The third-order valence-electron chi connectivity index (χ3n) is 6.85. The average molecular weight is 419 g/mol. The van der Waals surface area contributed by atoms with Crippen molar-refractivity contribution in [2.45, 2.75) is 43.7 Å². The molecule has 0 saturated heterocycles. The fraction of sp³-hybridized carbons (Fsp3) is 0.632. The number of sulfonamides is 1. The first-order valence-electron chi connectivity index (χ1n) is 10.0. The van der Waals surface area contributed by atoms with Crippen molar-refractivity contribution in [1.29, 1.82) is 0 Å². The first-order chi connectivity index (χ1) is 13.7. The number of aryl methyl sites for hydroxylation is 1. The highest BCUT2D eigenvalue weighted by molar-refractivity contribution is 7.88. The van der Waals surface area contributed by atoms with Gasteiger partial charge in [0, 0.05) is 31.0 Å². The summed E-state index contributed by atoms with van der Waals surface area (Å²) in [6.07, 6.45) is 10.9. The minimum absolute atomic E-state index is 0.0687. The normalized spacial score (nSPS) is 33.2. The summed E-state index contributed by atoms with van der Waals surface area (Å²) in [5.41, 5.74) is 0.161. The van der Waals surface area contributed by atoms with Crippen LogP contribution in [0.1, 0.15) is 42.5 Å². The van der Waals surface area contributed by atoms with Gasteiger partial charge < -0.3 is 5.32 Å². The fourth-order valence-electron chi connectivity index (χ4n) is 6.26. The van der Waals surface area contributed by atoms with Gasteiger partial charge in [0.1, 0.15) is 5.56 Å². The van der Waals surface area contributed by atoms with E-state index >= 15 is 0 Å². The van der Waals surface area contributed by atoms with E-state index in [2.05, 4.69) is 20.2 Å². The van der Waals surface area contributed by atoms with Gasteiger partial charge in [0.15, 0.2) is 5.82 Å². The van der Waals surface area contributed by atoms with E-state index in [1.54, 1.807) is 41.1 Å². The first-order valence-corrected chi connectivity index (χ1v) is 11.9. The lowest BCUT2D eigenvalue weighted by Crippen LogP contribution is -2.66. The number of nitrogens with zero attached hydrogens (tertiary/aromatic N) is 4. The summed E-state index contributed by atoms with van der Waals surface area (Å²) < 4.78 is 30.0. The maximum absolute atomic E-state index is 13.2. The summed E-state index contributed by atoms with van der Waals surface area (Å²) >= 11 is 0. The zero-order valence-electron chi connectivity index (χ0n) is 16.6. The Balaban J connectivity index is 1.38. The zero-order chi connectivity index (χ0) is 20.4. The van der Waals surface area contributed by atoms with Gasteiger partial charge in [-0.15, -0.1) is 0 Å². The highest BCUT2D eigenvalue weighted by atomic mass is 32.2. The predicted octanol–water partition coefficient (Wildman–Crippen LogP) is 0.832. The molecule has 4 saturated carbocycles. The summed E-state index contributed by atoms with van der Waals surface area (Å²) in [7, 11) is -1.47. The fourth-order valence-corrected chi connectivity index (χ4v) is 7.30.